The third-order valence-corrected chi connectivity index (χ3v) is 3.63. The number of thioether (sulfide) groups is 1. The van der Waals surface area contributed by atoms with Crippen LogP contribution in [0.1, 0.15) is 43.0 Å². The summed E-state index contributed by atoms with van der Waals surface area (Å²) < 4.78 is 0. The predicted octanol–water partition coefficient (Wildman–Crippen LogP) is 3.26. The fourth-order valence-corrected chi connectivity index (χ4v) is 2.92. The smallest absolute Gasteiger partial charge is 0.125 e. The monoisotopic (exact) mass is 251 g/mol. The molecule has 0 unspecified atom stereocenters. The van der Waals surface area contributed by atoms with Gasteiger partial charge in [-0.05, 0) is 37.7 Å². The Labute approximate surface area is 108 Å². The molecule has 1 aromatic rings. The van der Waals surface area contributed by atoms with Gasteiger partial charge in [-0.3, -0.25) is 5.41 Å². The minimum atomic E-state index is 0.119. The molecule has 1 heterocycles. The van der Waals surface area contributed by atoms with Crippen molar-refractivity contribution in [3.8, 4) is 0 Å². The molecule has 17 heavy (non-hydrogen) atoms. The normalized spacial score (nSPS) is 10.5. The number of hydrogen-bond donors (Lipinski definition) is 2. The van der Waals surface area contributed by atoms with Crippen LogP contribution in [0.25, 0.3) is 0 Å². The molecule has 4 heteroatoms. The summed E-state index contributed by atoms with van der Waals surface area (Å²) in [5.41, 5.74) is 8.46. The van der Waals surface area contributed by atoms with Gasteiger partial charge < -0.3 is 5.73 Å². The van der Waals surface area contributed by atoms with E-state index >= 15 is 0 Å². The number of aromatic nitrogens is 1. The molecule has 0 saturated heterocycles. The lowest BCUT2D eigenvalue weighted by Gasteiger charge is -2.11. The molecule has 94 valence electrons. The van der Waals surface area contributed by atoms with Crippen LogP contribution in [-0.2, 0) is 0 Å². The number of aryl methyl sites for hydroxylation is 2. The molecule has 0 aliphatic heterocycles. The Morgan fingerprint density at radius 3 is 2.71 bits per heavy atom. The number of nitrogens with two attached hydrogens (primary N) is 1. The highest BCUT2D eigenvalue weighted by Crippen LogP contribution is 2.24. The maximum Gasteiger partial charge on any atom is 0.125 e. The third kappa shape index (κ3) is 4.04. The van der Waals surface area contributed by atoms with E-state index in [1.807, 2.05) is 19.9 Å². The zero-order chi connectivity index (χ0) is 12.8. The second-order valence-corrected chi connectivity index (χ2v) is 5.31. The van der Waals surface area contributed by atoms with Gasteiger partial charge in [0.25, 0.3) is 0 Å². The molecule has 0 spiro atoms. The summed E-state index contributed by atoms with van der Waals surface area (Å²) in [7, 11) is 0. The van der Waals surface area contributed by atoms with Gasteiger partial charge in [-0.1, -0.05) is 19.8 Å². The van der Waals surface area contributed by atoms with Crippen LogP contribution in [0.3, 0.4) is 0 Å². The molecule has 3 N–H and O–H groups in total. The van der Waals surface area contributed by atoms with Gasteiger partial charge in [0, 0.05) is 5.69 Å². The number of hydrogen-bond acceptors (Lipinski definition) is 3. The lowest BCUT2D eigenvalue weighted by Crippen LogP contribution is -2.15. The van der Waals surface area contributed by atoms with Crippen molar-refractivity contribution in [3.63, 3.8) is 0 Å². The van der Waals surface area contributed by atoms with E-state index in [0.717, 1.165) is 27.6 Å². The second kappa shape index (κ2) is 6.64. The summed E-state index contributed by atoms with van der Waals surface area (Å²) in [6.07, 6.45) is 3.65. The topological polar surface area (TPSA) is 62.8 Å². The first kappa shape index (κ1) is 14.0. The number of nitrogens with one attached hydrogen (secondary N) is 1. The lowest BCUT2D eigenvalue weighted by atomic mass is 10.1. The van der Waals surface area contributed by atoms with Crippen molar-refractivity contribution < 1.29 is 0 Å². The van der Waals surface area contributed by atoms with Gasteiger partial charge in [0.15, 0.2) is 0 Å². The Hall–Kier alpha value is -1.03. The molecule has 1 rings (SSSR count). The second-order valence-electron chi connectivity index (χ2n) is 4.23. The van der Waals surface area contributed by atoms with Crippen molar-refractivity contribution >= 4 is 17.6 Å². The molecule has 0 fully saturated rings. The van der Waals surface area contributed by atoms with Gasteiger partial charge in [0.1, 0.15) is 10.9 Å². The summed E-state index contributed by atoms with van der Waals surface area (Å²) in [4.78, 5) is 4.49. The quantitative estimate of drug-likeness (QED) is 0.353. The van der Waals surface area contributed by atoms with Gasteiger partial charge in [0.2, 0.25) is 0 Å². The summed E-state index contributed by atoms with van der Waals surface area (Å²) in [5.74, 6) is 1.16. The van der Waals surface area contributed by atoms with Crippen LogP contribution in [0.5, 0.6) is 0 Å². The van der Waals surface area contributed by atoms with Crippen molar-refractivity contribution in [2.75, 3.05) is 5.75 Å². The lowest BCUT2D eigenvalue weighted by molar-refractivity contribution is 0.778. The van der Waals surface area contributed by atoms with Gasteiger partial charge in [-0.15, -0.1) is 11.8 Å². The van der Waals surface area contributed by atoms with E-state index in [4.69, 9.17) is 11.1 Å². The Bertz CT molecular complexity index is 402. The average Bonchev–Trinajstić information content (AvgIpc) is 2.22. The van der Waals surface area contributed by atoms with Gasteiger partial charge in [-0.2, -0.15) is 0 Å². The number of pyridine rings is 1. The van der Waals surface area contributed by atoms with Crippen LogP contribution >= 0.6 is 11.8 Å². The van der Waals surface area contributed by atoms with Crippen molar-refractivity contribution in [1.29, 1.82) is 5.41 Å². The molecule has 0 aliphatic rings. The van der Waals surface area contributed by atoms with Crippen LogP contribution in [0.4, 0.5) is 0 Å². The largest absolute Gasteiger partial charge is 0.384 e. The van der Waals surface area contributed by atoms with Crippen molar-refractivity contribution in [3.05, 3.63) is 22.9 Å². The summed E-state index contributed by atoms with van der Waals surface area (Å²) in [6, 6.07) is 1.98. The van der Waals surface area contributed by atoms with Crippen molar-refractivity contribution in [2.45, 2.75) is 45.1 Å². The van der Waals surface area contributed by atoms with Crippen LogP contribution in [0, 0.1) is 19.3 Å². The fourth-order valence-electron chi connectivity index (χ4n) is 1.76. The number of nitrogen functional groups attached to an aromatic ring is 1. The van der Waals surface area contributed by atoms with E-state index in [9.17, 15) is 0 Å². The first-order chi connectivity index (χ1) is 8.06. The highest BCUT2D eigenvalue weighted by Gasteiger charge is 2.11. The average molecular weight is 251 g/mol. The number of nitrogens with zero attached hydrogens (tertiary/aromatic N) is 1. The molecule has 1 aromatic heterocycles. The zero-order valence-corrected chi connectivity index (χ0v) is 11.7. The van der Waals surface area contributed by atoms with E-state index in [1.54, 1.807) is 11.8 Å². The predicted molar refractivity (Wildman–Crippen MR) is 75.0 cm³/mol. The summed E-state index contributed by atoms with van der Waals surface area (Å²) in [5, 5.41) is 8.54. The maximum absolute atomic E-state index is 7.63. The Balaban J connectivity index is 2.85. The van der Waals surface area contributed by atoms with Crippen molar-refractivity contribution in [2.24, 2.45) is 5.73 Å². The van der Waals surface area contributed by atoms with E-state index in [2.05, 4.69) is 11.9 Å². The highest BCUT2D eigenvalue weighted by atomic mass is 32.2. The Morgan fingerprint density at radius 2 is 2.12 bits per heavy atom. The first-order valence-corrected chi connectivity index (χ1v) is 7.00. The fraction of sp³-hybridized carbons (Fsp3) is 0.538. The van der Waals surface area contributed by atoms with Gasteiger partial charge in [0.05, 0.1) is 5.56 Å². The zero-order valence-electron chi connectivity index (χ0n) is 10.8. The first-order valence-electron chi connectivity index (χ1n) is 6.01. The molecule has 0 amide bonds. The number of rotatable bonds is 6. The molecule has 0 radical (unpaired) electrons. The molecule has 0 aliphatic carbocycles. The van der Waals surface area contributed by atoms with E-state index in [-0.39, 0.29) is 5.84 Å². The summed E-state index contributed by atoms with van der Waals surface area (Å²) in [6.45, 7) is 6.16. The van der Waals surface area contributed by atoms with Gasteiger partial charge >= 0.3 is 0 Å². The Kier molecular flexibility index (Phi) is 5.48. The maximum atomic E-state index is 7.63. The molecular weight excluding hydrogens is 230 g/mol. The Morgan fingerprint density at radius 1 is 1.41 bits per heavy atom. The third-order valence-electron chi connectivity index (χ3n) is 2.57. The van der Waals surface area contributed by atoms with Crippen molar-refractivity contribution in [1.82, 2.24) is 4.98 Å². The molecule has 0 bridgehead atoms. The molecule has 0 aromatic carbocycles. The number of unbranched alkanes of at least 4 members (excludes halogenated alkanes) is 2. The van der Waals surface area contributed by atoms with Crippen LogP contribution in [0.2, 0.25) is 0 Å². The molecule has 0 atom stereocenters. The van der Waals surface area contributed by atoms with E-state index in [0.29, 0.717) is 0 Å². The van der Waals surface area contributed by atoms with E-state index < -0.39 is 0 Å². The molecular formula is C13H21N3S. The van der Waals surface area contributed by atoms with Crippen LogP contribution in [-0.4, -0.2) is 16.6 Å². The molecule has 0 saturated carbocycles. The van der Waals surface area contributed by atoms with Gasteiger partial charge in [-0.25, -0.2) is 4.98 Å². The minimum absolute atomic E-state index is 0.119. The molecule has 3 nitrogen and oxygen atoms in total. The SMILES string of the molecule is CCCCCSc1nc(C)cc(C)c1C(=N)N. The highest BCUT2D eigenvalue weighted by molar-refractivity contribution is 7.99. The standard InChI is InChI=1S/C13H21N3S/c1-4-5-6-7-17-13-11(12(14)15)9(2)8-10(3)16-13/h8H,4-7H2,1-3H3,(H3,14,15). The van der Waals surface area contributed by atoms with E-state index in [1.165, 1.54) is 19.3 Å². The van der Waals surface area contributed by atoms with Crippen LogP contribution in [0.15, 0.2) is 11.1 Å². The number of amidine groups is 1. The summed E-state index contributed by atoms with van der Waals surface area (Å²) >= 11 is 1.71. The minimum Gasteiger partial charge on any atom is -0.384 e. The van der Waals surface area contributed by atoms with Crippen LogP contribution < -0.4 is 5.73 Å².